The predicted molar refractivity (Wildman–Crippen MR) is 90.3 cm³/mol. The van der Waals surface area contributed by atoms with Crippen molar-refractivity contribution < 1.29 is 30.7 Å². The van der Waals surface area contributed by atoms with Crippen LogP contribution in [0.15, 0.2) is 29.2 Å². The van der Waals surface area contributed by atoms with Gasteiger partial charge in [0.05, 0.1) is 11.5 Å². The van der Waals surface area contributed by atoms with Crippen LogP contribution in [0.1, 0.15) is 18.4 Å². The Bertz CT molecular complexity index is 683. The number of nitrogens with two attached hydrogens (primary N) is 1. The first-order valence-corrected chi connectivity index (χ1v) is 9.15. The summed E-state index contributed by atoms with van der Waals surface area (Å²) in [7, 11) is -3.72. The molecule has 5 nitrogen and oxygen atoms in total. The number of nitrogens with zero attached hydrogens (tertiary/aromatic N) is 1. The van der Waals surface area contributed by atoms with Gasteiger partial charge in [0.25, 0.3) is 0 Å². The average molecular weight is 421 g/mol. The summed E-state index contributed by atoms with van der Waals surface area (Å²) in [6.07, 6.45) is -2.69. The highest BCUT2D eigenvalue weighted by atomic mass is 35.5. The molecule has 1 aromatic carbocycles. The fourth-order valence-corrected chi connectivity index (χ4v) is 3.97. The topological polar surface area (TPSA) is 72.6 Å². The smallest absolute Gasteiger partial charge is 0.330 e. The van der Waals surface area contributed by atoms with Crippen molar-refractivity contribution in [2.75, 3.05) is 19.7 Å². The van der Waals surface area contributed by atoms with E-state index in [9.17, 15) is 26.0 Å². The first kappa shape index (κ1) is 23.1. The highest BCUT2D eigenvalue weighted by molar-refractivity contribution is 7.89. The molecule has 2 N–H and O–H groups in total. The van der Waals surface area contributed by atoms with Gasteiger partial charge in [-0.3, -0.25) is 0 Å². The molecule has 1 saturated heterocycles. The zero-order valence-electron chi connectivity index (χ0n) is 13.8. The Balaban J connectivity index is 0.00000338. The Hall–Kier alpha value is -0.940. The van der Waals surface area contributed by atoms with Gasteiger partial charge >= 0.3 is 12.3 Å². The molecule has 0 aliphatic carbocycles. The molecule has 1 aromatic rings. The molecule has 1 aliphatic rings. The van der Waals surface area contributed by atoms with Crippen molar-refractivity contribution in [3.05, 3.63) is 29.8 Å². The fourth-order valence-electron chi connectivity index (χ4n) is 2.43. The van der Waals surface area contributed by atoms with Crippen LogP contribution in [0.5, 0.6) is 0 Å². The standard InChI is InChI=1S/C15H20F4N2O3S.ClH/c16-14(17)15(18,19)10-24-9-11-2-1-3-13(8-11)25(22,23)21-6-4-12(20)5-7-21;/h1-3,8,12,14H,4-7,9-10,20H2;1H. The number of alkyl halides is 4. The maximum atomic E-state index is 12.8. The molecule has 0 unspecified atom stereocenters. The molecule has 150 valence electrons. The van der Waals surface area contributed by atoms with Crippen molar-refractivity contribution in [1.82, 2.24) is 4.31 Å². The number of rotatable bonds is 7. The Kier molecular flexibility index (Phi) is 8.28. The Morgan fingerprint density at radius 3 is 2.46 bits per heavy atom. The maximum Gasteiger partial charge on any atom is 0.330 e. The summed E-state index contributed by atoms with van der Waals surface area (Å²) < 4.78 is 80.9. The van der Waals surface area contributed by atoms with Crippen LogP contribution in [-0.2, 0) is 21.4 Å². The van der Waals surface area contributed by atoms with Crippen LogP contribution in [0.4, 0.5) is 17.6 Å². The van der Waals surface area contributed by atoms with E-state index < -0.39 is 35.6 Å². The molecule has 0 spiro atoms. The highest BCUT2D eigenvalue weighted by Crippen LogP contribution is 2.24. The number of benzene rings is 1. The summed E-state index contributed by atoms with van der Waals surface area (Å²) in [6, 6.07) is 5.59. The SMILES string of the molecule is Cl.NC1CCN(S(=O)(=O)c2cccc(COCC(F)(F)C(F)F)c2)CC1. The van der Waals surface area contributed by atoms with Gasteiger partial charge in [-0.05, 0) is 30.5 Å². The van der Waals surface area contributed by atoms with E-state index in [0.29, 0.717) is 31.5 Å². The monoisotopic (exact) mass is 420 g/mol. The maximum absolute atomic E-state index is 12.8. The van der Waals surface area contributed by atoms with Crippen LogP contribution in [0.3, 0.4) is 0 Å². The molecule has 1 aliphatic heterocycles. The van der Waals surface area contributed by atoms with E-state index in [1.165, 1.54) is 28.6 Å². The van der Waals surface area contributed by atoms with E-state index in [1.807, 2.05) is 0 Å². The van der Waals surface area contributed by atoms with Gasteiger partial charge in [0.1, 0.15) is 6.61 Å². The minimum atomic E-state index is -4.24. The third-order valence-electron chi connectivity index (χ3n) is 3.92. The second-order valence-electron chi connectivity index (χ2n) is 5.94. The van der Waals surface area contributed by atoms with E-state index >= 15 is 0 Å². The van der Waals surface area contributed by atoms with Crippen molar-refractivity contribution in [3.63, 3.8) is 0 Å². The van der Waals surface area contributed by atoms with Gasteiger partial charge in [-0.15, -0.1) is 12.4 Å². The van der Waals surface area contributed by atoms with E-state index in [0.717, 1.165) is 0 Å². The summed E-state index contributed by atoms with van der Waals surface area (Å²) in [4.78, 5) is 0.00434. The molecule has 2 rings (SSSR count). The lowest BCUT2D eigenvalue weighted by atomic mass is 10.1. The molecule has 1 fully saturated rings. The predicted octanol–water partition coefficient (Wildman–Crippen LogP) is 2.64. The van der Waals surface area contributed by atoms with Crippen LogP contribution in [0, 0.1) is 0 Å². The second kappa shape index (κ2) is 9.32. The van der Waals surface area contributed by atoms with E-state index in [1.54, 1.807) is 0 Å². The number of hydrogen-bond acceptors (Lipinski definition) is 4. The summed E-state index contributed by atoms with van der Waals surface area (Å²) in [5.41, 5.74) is 6.07. The quantitative estimate of drug-likeness (QED) is 0.688. The van der Waals surface area contributed by atoms with Crippen molar-refractivity contribution >= 4 is 22.4 Å². The molecular weight excluding hydrogens is 400 g/mol. The molecule has 0 saturated carbocycles. The molecule has 0 radical (unpaired) electrons. The van der Waals surface area contributed by atoms with Gasteiger partial charge < -0.3 is 10.5 Å². The van der Waals surface area contributed by atoms with Crippen LogP contribution in [0.2, 0.25) is 0 Å². The third-order valence-corrected chi connectivity index (χ3v) is 5.81. The molecule has 0 aromatic heterocycles. The average Bonchev–Trinajstić information content (AvgIpc) is 2.55. The molecular formula is C15H21ClF4N2O3S. The Morgan fingerprint density at radius 2 is 1.88 bits per heavy atom. The second-order valence-corrected chi connectivity index (χ2v) is 7.88. The zero-order chi connectivity index (χ0) is 18.7. The number of ether oxygens (including phenoxy) is 1. The summed E-state index contributed by atoms with van der Waals surface area (Å²) in [5, 5.41) is 0. The van der Waals surface area contributed by atoms with Gasteiger partial charge in [-0.1, -0.05) is 12.1 Å². The van der Waals surface area contributed by atoms with Crippen LogP contribution in [0.25, 0.3) is 0 Å². The van der Waals surface area contributed by atoms with Gasteiger partial charge in [-0.2, -0.15) is 13.1 Å². The normalized spacial score (nSPS) is 17.3. The molecule has 0 amide bonds. The molecule has 0 bridgehead atoms. The van der Waals surface area contributed by atoms with Crippen molar-refractivity contribution in [3.8, 4) is 0 Å². The summed E-state index contributed by atoms with van der Waals surface area (Å²) >= 11 is 0. The number of halogens is 5. The number of piperidine rings is 1. The van der Waals surface area contributed by atoms with Gasteiger partial charge in [0.2, 0.25) is 10.0 Å². The van der Waals surface area contributed by atoms with Crippen molar-refractivity contribution in [1.29, 1.82) is 0 Å². The summed E-state index contributed by atoms with van der Waals surface area (Å²) in [6.45, 7) is -1.21. The molecule has 11 heteroatoms. The first-order chi connectivity index (χ1) is 11.6. The van der Waals surface area contributed by atoms with Gasteiger partial charge in [-0.25, -0.2) is 17.2 Å². The van der Waals surface area contributed by atoms with Crippen molar-refractivity contribution in [2.45, 2.75) is 42.7 Å². The minimum absolute atomic E-state index is 0. The van der Waals surface area contributed by atoms with Gasteiger partial charge in [0.15, 0.2) is 0 Å². The number of sulfonamides is 1. The third kappa shape index (κ3) is 5.78. The zero-order valence-corrected chi connectivity index (χ0v) is 15.4. The minimum Gasteiger partial charge on any atom is -0.370 e. The Morgan fingerprint density at radius 1 is 1.27 bits per heavy atom. The summed E-state index contributed by atoms with van der Waals surface area (Å²) in [5.74, 6) is -4.24. The van der Waals surface area contributed by atoms with E-state index in [-0.39, 0.29) is 23.3 Å². The van der Waals surface area contributed by atoms with E-state index in [2.05, 4.69) is 4.74 Å². The van der Waals surface area contributed by atoms with Crippen molar-refractivity contribution in [2.24, 2.45) is 5.73 Å². The molecule has 1 heterocycles. The highest BCUT2D eigenvalue weighted by Gasteiger charge is 2.41. The molecule has 26 heavy (non-hydrogen) atoms. The lowest BCUT2D eigenvalue weighted by Gasteiger charge is -2.29. The Labute approximate surface area is 155 Å². The van der Waals surface area contributed by atoms with Crippen LogP contribution in [-0.4, -0.2) is 50.8 Å². The number of hydrogen-bond donors (Lipinski definition) is 1. The van der Waals surface area contributed by atoms with Gasteiger partial charge in [0, 0.05) is 19.1 Å². The van der Waals surface area contributed by atoms with Crippen LogP contribution < -0.4 is 5.73 Å². The van der Waals surface area contributed by atoms with Crippen LogP contribution >= 0.6 is 12.4 Å². The first-order valence-electron chi connectivity index (χ1n) is 7.71. The lowest BCUT2D eigenvalue weighted by Crippen LogP contribution is -2.42. The molecule has 0 atom stereocenters. The largest absolute Gasteiger partial charge is 0.370 e. The van der Waals surface area contributed by atoms with E-state index in [4.69, 9.17) is 5.73 Å². The fraction of sp³-hybridized carbons (Fsp3) is 0.600. The lowest BCUT2D eigenvalue weighted by molar-refractivity contribution is -0.168.